The van der Waals surface area contributed by atoms with Crippen molar-refractivity contribution in [2.75, 3.05) is 0 Å². The van der Waals surface area contributed by atoms with E-state index in [2.05, 4.69) is 16.5 Å². The number of imidazole rings is 1. The third-order valence-electron chi connectivity index (χ3n) is 2.31. The molecule has 0 fully saturated rings. The van der Waals surface area contributed by atoms with Gasteiger partial charge in [0, 0.05) is 34.5 Å². The van der Waals surface area contributed by atoms with Gasteiger partial charge in [0.25, 0.3) is 0 Å². The van der Waals surface area contributed by atoms with Crippen LogP contribution in [0.25, 0.3) is 0 Å². The van der Waals surface area contributed by atoms with E-state index in [4.69, 9.17) is 5.11 Å². The molecule has 0 saturated heterocycles. The van der Waals surface area contributed by atoms with Crippen molar-refractivity contribution in [2.45, 2.75) is 24.1 Å². The maximum atomic E-state index is 10.7. The number of hydrogen-bond donors (Lipinski definition) is 1. The molecule has 2 heterocycles. The molecule has 2 aromatic rings. The fraction of sp³-hybridized carbons (Fsp3) is 0.273. The summed E-state index contributed by atoms with van der Waals surface area (Å²) in [6.07, 6.45) is 3.66. The van der Waals surface area contributed by atoms with Gasteiger partial charge >= 0.3 is 5.97 Å². The van der Waals surface area contributed by atoms with Crippen LogP contribution in [0, 0.1) is 0 Å². The van der Waals surface area contributed by atoms with Crippen LogP contribution < -0.4 is 0 Å². The van der Waals surface area contributed by atoms with Gasteiger partial charge in [-0.3, -0.25) is 0 Å². The Morgan fingerprint density at radius 2 is 2.47 bits per heavy atom. The Labute approximate surface area is 107 Å². The normalized spacial score (nSPS) is 10.6. The minimum Gasteiger partial charge on any atom is -0.477 e. The van der Waals surface area contributed by atoms with E-state index in [-0.39, 0.29) is 0 Å². The van der Waals surface area contributed by atoms with Crippen molar-refractivity contribution in [3.05, 3.63) is 34.5 Å². The summed E-state index contributed by atoms with van der Waals surface area (Å²) in [7, 11) is 0. The first-order chi connectivity index (χ1) is 8.20. The number of aryl methyl sites for hydroxylation is 1. The highest BCUT2D eigenvalue weighted by Gasteiger charge is 2.08. The van der Waals surface area contributed by atoms with Crippen LogP contribution in [0.1, 0.15) is 22.3 Å². The van der Waals surface area contributed by atoms with Crippen LogP contribution in [0.15, 0.2) is 28.9 Å². The molecular weight excluding hydrogens is 256 g/mol. The summed E-state index contributed by atoms with van der Waals surface area (Å²) >= 11 is 2.89. The first-order valence-electron chi connectivity index (χ1n) is 5.14. The second kappa shape index (κ2) is 5.37. The van der Waals surface area contributed by atoms with Gasteiger partial charge in [0.15, 0.2) is 0 Å². The van der Waals surface area contributed by atoms with Gasteiger partial charge in [-0.25, -0.2) is 9.78 Å². The first kappa shape index (κ1) is 12.2. The highest BCUT2D eigenvalue weighted by Crippen LogP contribution is 2.27. The summed E-state index contributed by atoms with van der Waals surface area (Å²) < 4.78 is 2.08. The monoisotopic (exact) mass is 268 g/mol. The van der Waals surface area contributed by atoms with Crippen LogP contribution in [0.2, 0.25) is 0 Å². The summed E-state index contributed by atoms with van der Waals surface area (Å²) in [4.78, 5) is 16.2. The summed E-state index contributed by atoms with van der Waals surface area (Å²) in [6, 6.07) is 1.71. The maximum absolute atomic E-state index is 10.7. The molecule has 6 heteroatoms. The average molecular weight is 268 g/mol. The SMILES string of the molecule is CCn1cncc1CSc1csc(C(=O)O)c1. The number of hydrogen-bond acceptors (Lipinski definition) is 4. The number of carbonyl (C=O) groups is 1. The van der Waals surface area contributed by atoms with Crippen LogP contribution in [0.3, 0.4) is 0 Å². The zero-order valence-electron chi connectivity index (χ0n) is 9.29. The molecule has 0 aliphatic rings. The number of thioether (sulfide) groups is 1. The van der Waals surface area contributed by atoms with E-state index in [1.54, 1.807) is 17.8 Å². The minimum absolute atomic E-state index is 0.386. The van der Waals surface area contributed by atoms with Gasteiger partial charge in [0.1, 0.15) is 4.88 Å². The van der Waals surface area contributed by atoms with Crippen molar-refractivity contribution in [1.29, 1.82) is 0 Å². The lowest BCUT2D eigenvalue weighted by atomic mass is 10.5. The first-order valence-corrected chi connectivity index (χ1v) is 7.01. The lowest BCUT2D eigenvalue weighted by molar-refractivity contribution is 0.0702. The standard InChI is InChI=1S/C11H12N2O2S2/c1-2-13-7-12-4-8(13)5-16-9-3-10(11(14)15)17-6-9/h3-4,6-7H,2,5H2,1H3,(H,14,15). The van der Waals surface area contributed by atoms with Crippen molar-refractivity contribution in [1.82, 2.24) is 9.55 Å². The van der Waals surface area contributed by atoms with E-state index in [1.165, 1.54) is 11.3 Å². The molecule has 0 spiro atoms. The fourth-order valence-electron chi connectivity index (χ4n) is 1.42. The van der Waals surface area contributed by atoms with Gasteiger partial charge in [-0.15, -0.1) is 23.1 Å². The fourth-order valence-corrected chi connectivity index (χ4v) is 3.27. The molecule has 2 rings (SSSR count). The van der Waals surface area contributed by atoms with Gasteiger partial charge in [-0.05, 0) is 13.0 Å². The molecule has 90 valence electrons. The average Bonchev–Trinajstić information content (AvgIpc) is 2.95. The molecule has 0 radical (unpaired) electrons. The molecule has 1 N–H and O–H groups in total. The third kappa shape index (κ3) is 2.89. The number of nitrogens with zero attached hydrogens (tertiary/aromatic N) is 2. The van der Waals surface area contributed by atoms with E-state index in [0.717, 1.165) is 22.9 Å². The number of thiophene rings is 1. The molecule has 0 unspecified atom stereocenters. The van der Waals surface area contributed by atoms with Gasteiger partial charge in [-0.1, -0.05) is 0 Å². The van der Waals surface area contributed by atoms with E-state index >= 15 is 0 Å². The number of aromatic carboxylic acids is 1. The highest BCUT2D eigenvalue weighted by molar-refractivity contribution is 7.98. The van der Waals surface area contributed by atoms with E-state index < -0.39 is 5.97 Å². The van der Waals surface area contributed by atoms with Crippen LogP contribution in [0.4, 0.5) is 0 Å². The maximum Gasteiger partial charge on any atom is 0.345 e. The van der Waals surface area contributed by atoms with Gasteiger partial charge < -0.3 is 9.67 Å². The highest BCUT2D eigenvalue weighted by atomic mass is 32.2. The Balaban J connectivity index is 2.00. The number of carboxylic acid groups (broad SMARTS) is 1. The Morgan fingerprint density at radius 1 is 1.65 bits per heavy atom. The van der Waals surface area contributed by atoms with Crippen molar-refractivity contribution >= 4 is 29.1 Å². The molecule has 17 heavy (non-hydrogen) atoms. The molecule has 4 nitrogen and oxygen atoms in total. The smallest absolute Gasteiger partial charge is 0.345 e. The molecule has 0 saturated carbocycles. The number of rotatable bonds is 5. The number of aromatic nitrogens is 2. The van der Waals surface area contributed by atoms with Gasteiger partial charge in [0.2, 0.25) is 0 Å². The van der Waals surface area contributed by atoms with E-state index in [9.17, 15) is 4.79 Å². The molecule has 0 atom stereocenters. The van der Waals surface area contributed by atoms with Crippen LogP contribution in [-0.2, 0) is 12.3 Å². The summed E-state index contributed by atoms with van der Waals surface area (Å²) in [5.74, 6) is -0.0515. The summed E-state index contributed by atoms with van der Waals surface area (Å²) in [6.45, 7) is 2.98. The predicted molar refractivity (Wildman–Crippen MR) is 68.7 cm³/mol. The Bertz CT molecular complexity index is 519. The molecule has 0 bridgehead atoms. The summed E-state index contributed by atoms with van der Waals surface area (Å²) in [5.41, 5.74) is 1.15. The quantitative estimate of drug-likeness (QED) is 0.847. The minimum atomic E-state index is -0.861. The van der Waals surface area contributed by atoms with Crippen LogP contribution in [-0.4, -0.2) is 20.6 Å². The van der Waals surface area contributed by atoms with Crippen LogP contribution >= 0.6 is 23.1 Å². The van der Waals surface area contributed by atoms with Crippen molar-refractivity contribution < 1.29 is 9.90 Å². The van der Waals surface area contributed by atoms with E-state index in [0.29, 0.717) is 4.88 Å². The molecule has 0 aliphatic carbocycles. The second-order valence-corrected chi connectivity index (χ2v) is 5.37. The molecular formula is C11H12N2O2S2. The molecule has 2 aromatic heterocycles. The van der Waals surface area contributed by atoms with Crippen molar-refractivity contribution in [3.8, 4) is 0 Å². The van der Waals surface area contributed by atoms with Gasteiger partial charge in [0.05, 0.1) is 6.33 Å². The van der Waals surface area contributed by atoms with Crippen molar-refractivity contribution in [3.63, 3.8) is 0 Å². The van der Waals surface area contributed by atoms with Gasteiger partial charge in [-0.2, -0.15) is 0 Å². The largest absolute Gasteiger partial charge is 0.477 e. The zero-order valence-corrected chi connectivity index (χ0v) is 10.9. The predicted octanol–water partition coefficient (Wildman–Crippen LogP) is 2.96. The number of carboxylic acids is 1. The topological polar surface area (TPSA) is 55.1 Å². The second-order valence-electron chi connectivity index (χ2n) is 3.41. The third-order valence-corrected chi connectivity index (χ3v) is 4.39. The molecule has 0 aliphatic heterocycles. The Kier molecular flexibility index (Phi) is 3.86. The van der Waals surface area contributed by atoms with E-state index in [1.807, 2.05) is 17.9 Å². The lowest BCUT2D eigenvalue weighted by Gasteiger charge is -2.03. The lowest BCUT2D eigenvalue weighted by Crippen LogP contribution is -1.96. The van der Waals surface area contributed by atoms with Crippen molar-refractivity contribution in [2.24, 2.45) is 0 Å². The Morgan fingerprint density at radius 3 is 3.12 bits per heavy atom. The zero-order chi connectivity index (χ0) is 12.3. The molecule has 0 amide bonds. The van der Waals surface area contributed by atoms with Crippen LogP contribution in [0.5, 0.6) is 0 Å². The molecule has 0 aromatic carbocycles. The Hall–Kier alpha value is -1.27. The summed E-state index contributed by atoms with van der Waals surface area (Å²) in [5, 5.41) is 10.7.